The van der Waals surface area contributed by atoms with Gasteiger partial charge in [-0.15, -0.1) is 0 Å². The van der Waals surface area contributed by atoms with Gasteiger partial charge in [0.2, 0.25) is 5.91 Å². The summed E-state index contributed by atoms with van der Waals surface area (Å²) >= 11 is 0. The van der Waals surface area contributed by atoms with Crippen molar-refractivity contribution in [1.29, 1.82) is 0 Å². The van der Waals surface area contributed by atoms with E-state index in [-0.39, 0.29) is 12.3 Å². The highest BCUT2D eigenvalue weighted by atomic mass is 16.7. The number of ether oxygens (including phenoxy) is 3. The van der Waals surface area contributed by atoms with Gasteiger partial charge in [0.1, 0.15) is 11.3 Å². The van der Waals surface area contributed by atoms with Gasteiger partial charge in [0.25, 0.3) is 5.79 Å². The van der Waals surface area contributed by atoms with Crippen LogP contribution in [0.15, 0.2) is 47.1 Å². The first-order chi connectivity index (χ1) is 14.1. The van der Waals surface area contributed by atoms with Crippen LogP contribution in [-0.4, -0.2) is 18.8 Å². The maximum absolute atomic E-state index is 12.6. The summed E-state index contributed by atoms with van der Waals surface area (Å²) in [6.07, 6.45) is 7.10. The zero-order valence-electron chi connectivity index (χ0n) is 16.3. The lowest BCUT2D eigenvalue weighted by molar-refractivity contribution is -0.115. The molecule has 1 saturated carbocycles. The average molecular weight is 393 g/mol. The molecule has 1 fully saturated rings. The molecule has 1 spiro atoms. The number of nitrogens with one attached hydrogen (secondary N) is 1. The van der Waals surface area contributed by atoms with E-state index in [1.807, 2.05) is 36.4 Å². The highest BCUT2D eigenvalue weighted by molar-refractivity contribution is 5.95. The Kier molecular flexibility index (Phi) is 4.34. The lowest BCUT2D eigenvalue weighted by Gasteiger charge is -2.31. The van der Waals surface area contributed by atoms with Crippen LogP contribution in [0.1, 0.15) is 37.7 Å². The molecule has 29 heavy (non-hydrogen) atoms. The minimum absolute atomic E-state index is 0.116. The smallest absolute Gasteiger partial charge is 0.251 e. The molecule has 2 aromatic carbocycles. The Bertz CT molecular complexity index is 1060. The highest BCUT2D eigenvalue weighted by Crippen LogP contribution is 2.46. The normalized spacial score (nSPS) is 16.9. The topological polar surface area (TPSA) is 69.9 Å². The third-order valence-corrected chi connectivity index (χ3v) is 5.65. The van der Waals surface area contributed by atoms with Crippen LogP contribution in [0.2, 0.25) is 0 Å². The predicted octanol–water partition coefficient (Wildman–Crippen LogP) is 5.05. The first-order valence-corrected chi connectivity index (χ1v) is 10.0. The van der Waals surface area contributed by atoms with Crippen LogP contribution in [0, 0.1) is 0 Å². The number of amides is 1. The summed E-state index contributed by atoms with van der Waals surface area (Å²) in [6, 6.07) is 11.1. The van der Waals surface area contributed by atoms with Gasteiger partial charge in [-0.25, -0.2) is 0 Å². The molecule has 6 nitrogen and oxygen atoms in total. The molecule has 0 bridgehead atoms. The Morgan fingerprint density at radius 2 is 1.90 bits per heavy atom. The molecule has 2 aliphatic rings. The fraction of sp³-hybridized carbons (Fsp3) is 0.348. The van der Waals surface area contributed by atoms with Crippen molar-refractivity contribution in [2.75, 3.05) is 12.4 Å². The number of anilines is 1. The van der Waals surface area contributed by atoms with Crippen molar-refractivity contribution >= 4 is 22.6 Å². The van der Waals surface area contributed by atoms with Crippen LogP contribution >= 0.6 is 0 Å². The number of benzene rings is 2. The van der Waals surface area contributed by atoms with Crippen LogP contribution in [-0.2, 0) is 11.2 Å². The summed E-state index contributed by atoms with van der Waals surface area (Å²) in [6.45, 7) is 0. The van der Waals surface area contributed by atoms with Gasteiger partial charge in [0.05, 0.1) is 19.8 Å². The molecule has 3 aromatic rings. The van der Waals surface area contributed by atoms with Crippen LogP contribution in [0.5, 0.6) is 17.2 Å². The Morgan fingerprint density at radius 3 is 2.72 bits per heavy atom. The predicted molar refractivity (Wildman–Crippen MR) is 109 cm³/mol. The summed E-state index contributed by atoms with van der Waals surface area (Å²) in [5, 5.41) is 3.86. The molecule has 0 saturated heterocycles. The van der Waals surface area contributed by atoms with Crippen molar-refractivity contribution in [2.24, 2.45) is 0 Å². The number of carbonyl (C=O) groups is 1. The summed E-state index contributed by atoms with van der Waals surface area (Å²) < 4.78 is 23.0. The zero-order chi connectivity index (χ0) is 19.8. The number of methoxy groups -OCH3 is 1. The van der Waals surface area contributed by atoms with Crippen LogP contribution in [0.4, 0.5) is 5.69 Å². The lowest BCUT2D eigenvalue weighted by atomic mass is 9.94. The standard InChI is InChI=1S/C23H23NO5/c1-26-17-6-7-18-15(14-27-20(18)13-17)11-22(25)24-16-5-8-19-21(12-16)29-23(28-19)9-3-2-4-10-23/h5-8,12-14H,2-4,9-11H2,1H3,(H,24,25). The molecule has 0 atom stereocenters. The molecule has 1 aromatic heterocycles. The van der Waals surface area contributed by atoms with Crippen LogP contribution in [0.3, 0.4) is 0 Å². The van der Waals surface area contributed by atoms with E-state index in [0.29, 0.717) is 17.0 Å². The molecule has 2 heterocycles. The number of rotatable bonds is 4. The second kappa shape index (κ2) is 7.03. The van der Waals surface area contributed by atoms with Gasteiger partial charge >= 0.3 is 0 Å². The van der Waals surface area contributed by atoms with Crippen molar-refractivity contribution in [3.63, 3.8) is 0 Å². The van der Waals surface area contributed by atoms with Crippen LogP contribution < -0.4 is 19.5 Å². The fourth-order valence-electron chi connectivity index (χ4n) is 4.17. The monoisotopic (exact) mass is 393 g/mol. The maximum Gasteiger partial charge on any atom is 0.251 e. The molecular weight excluding hydrogens is 370 g/mol. The van der Waals surface area contributed by atoms with Crippen molar-refractivity contribution in [3.05, 3.63) is 48.2 Å². The van der Waals surface area contributed by atoms with E-state index in [0.717, 1.165) is 48.1 Å². The van der Waals surface area contributed by atoms with E-state index in [9.17, 15) is 4.79 Å². The minimum Gasteiger partial charge on any atom is -0.497 e. The Hall–Kier alpha value is -3.15. The van der Waals surface area contributed by atoms with Crippen molar-refractivity contribution in [2.45, 2.75) is 44.3 Å². The SMILES string of the molecule is COc1ccc2c(CC(=O)Nc3ccc4c(c3)OC3(CCCCC3)O4)coc2c1. The van der Waals surface area contributed by atoms with Gasteiger partial charge in [0, 0.05) is 41.6 Å². The third-order valence-electron chi connectivity index (χ3n) is 5.65. The van der Waals surface area contributed by atoms with E-state index in [2.05, 4.69) is 5.32 Å². The molecule has 150 valence electrons. The zero-order valence-corrected chi connectivity index (χ0v) is 16.3. The second-order valence-corrected chi connectivity index (χ2v) is 7.68. The van der Waals surface area contributed by atoms with Gasteiger partial charge in [0.15, 0.2) is 11.5 Å². The number of hydrogen-bond donors (Lipinski definition) is 1. The lowest BCUT2D eigenvalue weighted by Crippen LogP contribution is -2.40. The second-order valence-electron chi connectivity index (χ2n) is 7.68. The molecular formula is C23H23NO5. The molecule has 1 amide bonds. The molecule has 0 unspecified atom stereocenters. The summed E-state index contributed by atoms with van der Waals surface area (Å²) in [5.74, 6) is 1.54. The number of carbonyl (C=O) groups excluding carboxylic acids is 1. The summed E-state index contributed by atoms with van der Waals surface area (Å²) in [7, 11) is 1.61. The van der Waals surface area contributed by atoms with Crippen molar-refractivity contribution < 1.29 is 23.4 Å². The summed E-state index contributed by atoms with van der Waals surface area (Å²) in [5.41, 5.74) is 2.23. The number of fused-ring (bicyclic) bond motifs is 2. The minimum atomic E-state index is -0.514. The first-order valence-electron chi connectivity index (χ1n) is 10.0. The van der Waals surface area contributed by atoms with E-state index in [1.165, 1.54) is 6.42 Å². The number of hydrogen-bond acceptors (Lipinski definition) is 5. The van der Waals surface area contributed by atoms with Gasteiger partial charge in [-0.2, -0.15) is 0 Å². The third kappa shape index (κ3) is 3.39. The molecule has 5 rings (SSSR count). The molecule has 1 aliphatic carbocycles. The highest BCUT2D eigenvalue weighted by Gasteiger charge is 2.42. The molecule has 1 N–H and O–H groups in total. The van der Waals surface area contributed by atoms with E-state index < -0.39 is 5.79 Å². The van der Waals surface area contributed by atoms with Gasteiger partial charge in [-0.3, -0.25) is 4.79 Å². The Balaban J connectivity index is 1.28. The Morgan fingerprint density at radius 1 is 1.07 bits per heavy atom. The average Bonchev–Trinajstić information content (AvgIpc) is 3.28. The van der Waals surface area contributed by atoms with Crippen molar-refractivity contribution in [1.82, 2.24) is 0 Å². The maximum atomic E-state index is 12.6. The van der Waals surface area contributed by atoms with Gasteiger partial charge < -0.3 is 23.9 Å². The summed E-state index contributed by atoms with van der Waals surface area (Å²) in [4.78, 5) is 12.6. The van der Waals surface area contributed by atoms with Gasteiger partial charge in [-0.05, 0) is 37.1 Å². The molecule has 1 aliphatic heterocycles. The molecule has 0 radical (unpaired) electrons. The number of furan rings is 1. The largest absolute Gasteiger partial charge is 0.497 e. The van der Waals surface area contributed by atoms with Gasteiger partial charge in [-0.1, -0.05) is 6.42 Å². The van der Waals surface area contributed by atoms with E-state index >= 15 is 0 Å². The van der Waals surface area contributed by atoms with E-state index in [4.69, 9.17) is 18.6 Å². The van der Waals surface area contributed by atoms with Crippen LogP contribution in [0.25, 0.3) is 11.0 Å². The quantitative estimate of drug-likeness (QED) is 0.671. The molecule has 6 heteroatoms. The fourth-order valence-corrected chi connectivity index (χ4v) is 4.17. The Labute approximate surface area is 168 Å². The first kappa shape index (κ1) is 17.9. The van der Waals surface area contributed by atoms with Crippen molar-refractivity contribution in [3.8, 4) is 17.2 Å². The van der Waals surface area contributed by atoms with E-state index in [1.54, 1.807) is 13.4 Å².